The number of hydrogen-bond donors (Lipinski definition) is 0. The maximum absolute atomic E-state index is 11.0. The summed E-state index contributed by atoms with van der Waals surface area (Å²) in [5.74, 6) is 0. The molecule has 0 atom stereocenters. The van der Waals surface area contributed by atoms with Crippen molar-refractivity contribution < 1.29 is 9.53 Å². The van der Waals surface area contributed by atoms with Gasteiger partial charge in [0.25, 0.3) is 0 Å². The summed E-state index contributed by atoms with van der Waals surface area (Å²) < 4.78 is 5.10. The van der Waals surface area contributed by atoms with Crippen LogP contribution in [-0.2, 0) is 14.9 Å². The summed E-state index contributed by atoms with van der Waals surface area (Å²) in [5, 5.41) is 0. The van der Waals surface area contributed by atoms with Crippen LogP contribution in [0.2, 0.25) is 0 Å². The van der Waals surface area contributed by atoms with Gasteiger partial charge in [-0.05, 0) is 24.0 Å². The topological polar surface area (TPSA) is 26.3 Å². The van der Waals surface area contributed by atoms with Crippen LogP contribution in [-0.4, -0.2) is 25.8 Å². The molecule has 1 aromatic carbocycles. The zero-order chi connectivity index (χ0) is 10.0. The Bertz CT molecular complexity index is 328. The molecule has 1 aliphatic heterocycles. The van der Waals surface area contributed by atoms with Gasteiger partial charge in [-0.25, -0.2) is 0 Å². The van der Waals surface area contributed by atoms with Gasteiger partial charge in [-0.15, -0.1) is 11.8 Å². The summed E-state index contributed by atoms with van der Waals surface area (Å²) in [6, 6.07) is 8.12. The summed E-state index contributed by atoms with van der Waals surface area (Å²) >= 11 is 1.70. The molecule has 0 N–H and O–H groups in total. The van der Waals surface area contributed by atoms with Crippen LogP contribution < -0.4 is 0 Å². The van der Waals surface area contributed by atoms with Crippen LogP contribution in [0.3, 0.4) is 0 Å². The van der Waals surface area contributed by atoms with E-state index in [2.05, 4.69) is 0 Å². The van der Waals surface area contributed by atoms with Crippen LogP contribution in [0.25, 0.3) is 0 Å². The second kappa shape index (κ2) is 3.75. The molecule has 14 heavy (non-hydrogen) atoms. The molecule has 74 valence electrons. The van der Waals surface area contributed by atoms with E-state index in [0.717, 1.165) is 11.8 Å². The van der Waals surface area contributed by atoms with E-state index in [4.69, 9.17) is 4.74 Å². The highest BCUT2D eigenvalue weighted by Crippen LogP contribution is 2.31. The molecule has 1 saturated heterocycles. The van der Waals surface area contributed by atoms with E-state index < -0.39 is 0 Å². The SMILES string of the molecule is CSc1ccc(C2(C=O)COC2)cc1. The molecule has 0 saturated carbocycles. The third kappa shape index (κ3) is 1.47. The van der Waals surface area contributed by atoms with Crippen molar-refractivity contribution in [3.63, 3.8) is 0 Å². The molecule has 2 rings (SSSR count). The Balaban J connectivity index is 2.27. The minimum Gasteiger partial charge on any atom is -0.379 e. The van der Waals surface area contributed by atoms with E-state index in [1.807, 2.05) is 30.5 Å². The summed E-state index contributed by atoms with van der Waals surface area (Å²) in [7, 11) is 0. The first-order valence-electron chi connectivity index (χ1n) is 4.49. The average molecular weight is 208 g/mol. The molecule has 0 unspecified atom stereocenters. The number of aldehydes is 1. The predicted octanol–water partition coefficient (Wildman–Crippen LogP) is 1.88. The van der Waals surface area contributed by atoms with Crippen molar-refractivity contribution in [3.8, 4) is 0 Å². The number of carbonyl (C=O) groups is 1. The van der Waals surface area contributed by atoms with Crippen molar-refractivity contribution >= 4 is 18.0 Å². The molecule has 1 aromatic rings. The first kappa shape index (κ1) is 9.74. The Morgan fingerprint density at radius 2 is 2.00 bits per heavy atom. The van der Waals surface area contributed by atoms with Gasteiger partial charge in [-0.2, -0.15) is 0 Å². The highest BCUT2D eigenvalue weighted by atomic mass is 32.2. The molecule has 0 amide bonds. The summed E-state index contributed by atoms with van der Waals surface area (Å²) in [5.41, 5.74) is 0.702. The molecular weight excluding hydrogens is 196 g/mol. The standard InChI is InChI=1S/C11H12O2S/c1-14-10-4-2-9(3-5-10)11(6-12)7-13-8-11/h2-6H,7-8H2,1H3. The Morgan fingerprint density at radius 1 is 1.36 bits per heavy atom. The van der Waals surface area contributed by atoms with Crippen LogP contribution in [0, 0.1) is 0 Å². The van der Waals surface area contributed by atoms with Crippen molar-refractivity contribution in [1.29, 1.82) is 0 Å². The second-order valence-electron chi connectivity index (χ2n) is 3.50. The van der Waals surface area contributed by atoms with Gasteiger partial charge >= 0.3 is 0 Å². The van der Waals surface area contributed by atoms with Crippen molar-refractivity contribution in [3.05, 3.63) is 29.8 Å². The predicted molar refractivity (Wildman–Crippen MR) is 56.8 cm³/mol. The van der Waals surface area contributed by atoms with E-state index in [0.29, 0.717) is 13.2 Å². The van der Waals surface area contributed by atoms with Gasteiger partial charge in [-0.3, -0.25) is 0 Å². The Labute approximate surface area is 87.6 Å². The van der Waals surface area contributed by atoms with Gasteiger partial charge in [0.2, 0.25) is 0 Å². The van der Waals surface area contributed by atoms with E-state index in [1.165, 1.54) is 4.90 Å². The van der Waals surface area contributed by atoms with Crippen LogP contribution in [0.5, 0.6) is 0 Å². The molecule has 0 radical (unpaired) electrons. The van der Waals surface area contributed by atoms with Gasteiger partial charge in [-0.1, -0.05) is 12.1 Å². The van der Waals surface area contributed by atoms with Gasteiger partial charge in [0.15, 0.2) is 0 Å². The second-order valence-corrected chi connectivity index (χ2v) is 4.37. The zero-order valence-corrected chi connectivity index (χ0v) is 8.84. The van der Waals surface area contributed by atoms with Gasteiger partial charge in [0.1, 0.15) is 6.29 Å². The molecule has 2 nitrogen and oxygen atoms in total. The van der Waals surface area contributed by atoms with Crippen molar-refractivity contribution in [2.75, 3.05) is 19.5 Å². The molecule has 3 heteroatoms. The number of benzene rings is 1. The Morgan fingerprint density at radius 3 is 2.36 bits per heavy atom. The fourth-order valence-corrected chi connectivity index (χ4v) is 1.96. The van der Waals surface area contributed by atoms with E-state index in [9.17, 15) is 4.79 Å². The summed E-state index contributed by atoms with van der Waals surface area (Å²) in [6.07, 6.45) is 3.04. The number of thioether (sulfide) groups is 1. The van der Waals surface area contributed by atoms with Crippen molar-refractivity contribution in [1.82, 2.24) is 0 Å². The van der Waals surface area contributed by atoms with Gasteiger partial charge < -0.3 is 9.53 Å². The van der Waals surface area contributed by atoms with E-state index >= 15 is 0 Å². The summed E-state index contributed by atoms with van der Waals surface area (Å²) in [4.78, 5) is 12.2. The molecule has 1 aliphatic rings. The zero-order valence-electron chi connectivity index (χ0n) is 8.03. The lowest BCUT2D eigenvalue weighted by Crippen LogP contribution is -2.48. The average Bonchev–Trinajstić information content (AvgIpc) is 2.18. The van der Waals surface area contributed by atoms with Crippen molar-refractivity contribution in [2.24, 2.45) is 0 Å². The van der Waals surface area contributed by atoms with Gasteiger partial charge in [0, 0.05) is 4.90 Å². The molecule has 0 bridgehead atoms. The largest absolute Gasteiger partial charge is 0.379 e. The maximum atomic E-state index is 11.0. The number of hydrogen-bond acceptors (Lipinski definition) is 3. The quantitative estimate of drug-likeness (QED) is 0.560. The van der Waals surface area contributed by atoms with Crippen molar-refractivity contribution in [2.45, 2.75) is 10.3 Å². The lowest BCUT2D eigenvalue weighted by Gasteiger charge is -2.36. The molecule has 0 aromatic heterocycles. The monoisotopic (exact) mass is 208 g/mol. The number of carbonyl (C=O) groups excluding carboxylic acids is 1. The lowest BCUT2D eigenvalue weighted by molar-refractivity contribution is -0.129. The first-order valence-corrected chi connectivity index (χ1v) is 5.72. The minimum atomic E-state index is -0.364. The van der Waals surface area contributed by atoms with E-state index in [-0.39, 0.29) is 5.41 Å². The molecular formula is C11H12O2S. The Kier molecular flexibility index (Phi) is 2.61. The smallest absolute Gasteiger partial charge is 0.135 e. The Hall–Kier alpha value is -0.800. The van der Waals surface area contributed by atoms with Crippen LogP contribution >= 0.6 is 11.8 Å². The molecule has 1 heterocycles. The number of rotatable bonds is 3. The van der Waals surface area contributed by atoms with Crippen LogP contribution in [0.15, 0.2) is 29.2 Å². The molecule has 1 fully saturated rings. The highest BCUT2D eigenvalue weighted by molar-refractivity contribution is 7.98. The first-order chi connectivity index (χ1) is 6.80. The number of ether oxygens (including phenoxy) is 1. The van der Waals surface area contributed by atoms with Gasteiger partial charge in [0.05, 0.1) is 18.6 Å². The van der Waals surface area contributed by atoms with Crippen LogP contribution in [0.1, 0.15) is 5.56 Å². The molecule has 0 spiro atoms. The van der Waals surface area contributed by atoms with Crippen LogP contribution in [0.4, 0.5) is 0 Å². The maximum Gasteiger partial charge on any atom is 0.135 e. The highest BCUT2D eigenvalue weighted by Gasteiger charge is 2.40. The van der Waals surface area contributed by atoms with E-state index in [1.54, 1.807) is 11.8 Å². The molecule has 0 aliphatic carbocycles. The lowest BCUT2D eigenvalue weighted by atomic mass is 9.80. The third-order valence-electron chi connectivity index (χ3n) is 2.61. The normalized spacial score (nSPS) is 18.6. The fourth-order valence-electron chi connectivity index (χ4n) is 1.55. The third-order valence-corrected chi connectivity index (χ3v) is 3.35. The minimum absolute atomic E-state index is 0.364. The fraction of sp³-hybridized carbons (Fsp3) is 0.364. The summed E-state index contributed by atoms with van der Waals surface area (Å²) in [6.45, 7) is 1.05.